The van der Waals surface area contributed by atoms with Crippen LogP contribution in [0.1, 0.15) is 49.9 Å². The summed E-state index contributed by atoms with van der Waals surface area (Å²) in [4.78, 5) is -0.362. The SMILES string of the molecule is CC1(C)SC2(OC(c3ccccc3)(c3ccccc3)c3ccccc32)C1(C)C. The molecule has 0 saturated carbocycles. The van der Waals surface area contributed by atoms with E-state index in [4.69, 9.17) is 4.74 Å². The van der Waals surface area contributed by atoms with Gasteiger partial charge in [-0.1, -0.05) is 98.8 Å². The molecule has 2 heterocycles. The molecule has 0 radical (unpaired) electrons. The molecular formula is C26H26OS. The van der Waals surface area contributed by atoms with E-state index in [1.807, 2.05) is 11.8 Å². The molecule has 3 aromatic rings. The monoisotopic (exact) mass is 386 g/mol. The van der Waals surface area contributed by atoms with Gasteiger partial charge in [-0.05, 0) is 30.5 Å². The van der Waals surface area contributed by atoms with E-state index >= 15 is 0 Å². The standard InChI is InChI=1S/C26H26OS/c1-23(2)24(3,4)28-26(23)22-18-12-11-17-21(22)25(27-26,19-13-7-5-8-14-19)20-15-9-6-10-16-20/h5-18H,1-4H3. The first kappa shape index (κ1) is 18.0. The highest BCUT2D eigenvalue weighted by Gasteiger charge is 2.73. The van der Waals surface area contributed by atoms with Gasteiger partial charge in [0.25, 0.3) is 0 Å². The summed E-state index contributed by atoms with van der Waals surface area (Å²) >= 11 is 1.96. The Morgan fingerprint density at radius 2 is 1.07 bits per heavy atom. The summed E-state index contributed by atoms with van der Waals surface area (Å²) in [6, 6.07) is 30.2. The summed E-state index contributed by atoms with van der Waals surface area (Å²) in [5.74, 6) is 0. The third kappa shape index (κ3) is 2.03. The molecule has 5 rings (SSSR count). The summed E-state index contributed by atoms with van der Waals surface area (Å²) in [6.45, 7) is 9.37. The highest BCUT2D eigenvalue weighted by molar-refractivity contribution is 8.03. The fourth-order valence-corrected chi connectivity index (χ4v) is 6.78. The maximum Gasteiger partial charge on any atom is 0.148 e. The molecule has 0 amide bonds. The van der Waals surface area contributed by atoms with E-state index < -0.39 is 5.60 Å². The Hall–Kier alpha value is -2.03. The molecular weight excluding hydrogens is 360 g/mol. The molecule has 1 saturated heterocycles. The Kier molecular flexibility index (Phi) is 3.70. The number of benzene rings is 3. The summed E-state index contributed by atoms with van der Waals surface area (Å²) in [5.41, 5.74) is 4.35. The zero-order chi connectivity index (χ0) is 19.6. The lowest BCUT2D eigenvalue weighted by Crippen LogP contribution is -2.63. The first-order valence-corrected chi connectivity index (χ1v) is 10.8. The first-order valence-electron chi connectivity index (χ1n) is 9.97. The molecule has 1 atom stereocenters. The van der Waals surface area contributed by atoms with Crippen molar-refractivity contribution >= 4 is 11.8 Å². The summed E-state index contributed by atoms with van der Waals surface area (Å²) < 4.78 is 7.47. The van der Waals surface area contributed by atoms with Crippen LogP contribution in [-0.4, -0.2) is 4.75 Å². The molecule has 0 N–H and O–H groups in total. The smallest absolute Gasteiger partial charge is 0.148 e. The van der Waals surface area contributed by atoms with Gasteiger partial charge in [0.05, 0.1) is 0 Å². The van der Waals surface area contributed by atoms with Crippen LogP contribution in [0.5, 0.6) is 0 Å². The lowest BCUT2D eigenvalue weighted by atomic mass is 9.70. The van der Waals surface area contributed by atoms with Gasteiger partial charge in [-0.3, -0.25) is 0 Å². The molecule has 1 fully saturated rings. The summed E-state index contributed by atoms with van der Waals surface area (Å²) in [6.07, 6.45) is 0. The highest BCUT2D eigenvalue weighted by atomic mass is 32.2. The van der Waals surface area contributed by atoms with Gasteiger partial charge in [0, 0.05) is 15.7 Å². The van der Waals surface area contributed by atoms with Crippen LogP contribution in [0, 0.1) is 5.41 Å². The molecule has 1 spiro atoms. The number of fused-ring (bicyclic) bond motifs is 2. The zero-order valence-electron chi connectivity index (χ0n) is 16.9. The molecule has 28 heavy (non-hydrogen) atoms. The van der Waals surface area contributed by atoms with Gasteiger partial charge in [-0.25, -0.2) is 0 Å². The summed E-state index contributed by atoms with van der Waals surface area (Å²) in [5, 5.41) is 0. The maximum absolute atomic E-state index is 7.33. The van der Waals surface area contributed by atoms with Crippen LogP contribution in [0.2, 0.25) is 0 Å². The minimum atomic E-state index is -0.597. The minimum absolute atomic E-state index is 0.00786. The molecule has 1 nitrogen and oxygen atoms in total. The third-order valence-corrected chi connectivity index (χ3v) is 9.17. The summed E-state index contributed by atoms with van der Waals surface area (Å²) in [7, 11) is 0. The van der Waals surface area contributed by atoms with Gasteiger partial charge in [-0.15, -0.1) is 11.8 Å². The van der Waals surface area contributed by atoms with E-state index in [9.17, 15) is 0 Å². The molecule has 2 heteroatoms. The number of hydrogen-bond donors (Lipinski definition) is 0. The van der Waals surface area contributed by atoms with Gasteiger partial charge in [-0.2, -0.15) is 0 Å². The third-order valence-electron chi connectivity index (χ3n) is 7.05. The van der Waals surface area contributed by atoms with Crippen LogP contribution in [0.15, 0.2) is 84.9 Å². The maximum atomic E-state index is 7.33. The van der Waals surface area contributed by atoms with Crippen molar-refractivity contribution in [3.63, 3.8) is 0 Å². The molecule has 1 unspecified atom stereocenters. The second kappa shape index (κ2) is 5.75. The highest BCUT2D eigenvalue weighted by Crippen LogP contribution is 2.77. The van der Waals surface area contributed by atoms with Gasteiger partial charge >= 0.3 is 0 Å². The fraction of sp³-hybridized carbons (Fsp3) is 0.308. The molecule has 2 aliphatic rings. The number of rotatable bonds is 2. The van der Waals surface area contributed by atoms with Crippen molar-refractivity contribution in [3.8, 4) is 0 Å². The van der Waals surface area contributed by atoms with Crippen LogP contribution in [0.3, 0.4) is 0 Å². The van der Waals surface area contributed by atoms with Gasteiger partial charge in [0.15, 0.2) is 0 Å². The number of thioether (sulfide) groups is 1. The van der Waals surface area contributed by atoms with Crippen molar-refractivity contribution < 1.29 is 4.74 Å². The average molecular weight is 387 g/mol. The molecule has 0 aliphatic carbocycles. The zero-order valence-corrected chi connectivity index (χ0v) is 17.7. The first-order chi connectivity index (χ1) is 13.4. The predicted octanol–water partition coefficient (Wildman–Crippen LogP) is 6.71. The Bertz CT molecular complexity index is 983. The van der Waals surface area contributed by atoms with Crippen molar-refractivity contribution in [1.82, 2.24) is 0 Å². The molecule has 142 valence electrons. The molecule has 0 aromatic heterocycles. The van der Waals surface area contributed by atoms with Crippen molar-refractivity contribution in [2.75, 3.05) is 0 Å². The molecule has 0 bridgehead atoms. The normalized spacial score (nSPS) is 25.9. The second-order valence-electron chi connectivity index (χ2n) is 8.91. The van der Waals surface area contributed by atoms with E-state index in [0.717, 1.165) is 0 Å². The quantitative estimate of drug-likeness (QED) is 0.484. The van der Waals surface area contributed by atoms with Crippen LogP contribution in [0.4, 0.5) is 0 Å². The van der Waals surface area contributed by atoms with Gasteiger partial charge in [0.1, 0.15) is 10.5 Å². The van der Waals surface area contributed by atoms with Gasteiger partial charge in [0.2, 0.25) is 0 Å². The van der Waals surface area contributed by atoms with Crippen LogP contribution < -0.4 is 0 Å². The van der Waals surface area contributed by atoms with Crippen molar-refractivity contribution in [1.29, 1.82) is 0 Å². The largest absolute Gasteiger partial charge is 0.339 e. The van der Waals surface area contributed by atoms with E-state index in [-0.39, 0.29) is 15.1 Å². The average Bonchev–Trinajstić information content (AvgIpc) is 3.03. The van der Waals surface area contributed by atoms with E-state index in [2.05, 4.69) is 113 Å². The van der Waals surface area contributed by atoms with Crippen molar-refractivity contribution in [2.45, 2.75) is 43.0 Å². The second-order valence-corrected chi connectivity index (χ2v) is 10.7. The molecule has 3 aromatic carbocycles. The Morgan fingerprint density at radius 3 is 1.54 bits per heavy atom. The number of ether oxygens (including phenoxy) is 1. The van der Waals surface area contributed by atoms with Crippen LogP contribution in [0.25, 0.3) is 0 Å². The Balaban J connectivity index is 1.84. The lowest BCUT2D eigenvalue weighted by Gasteiger charge is -2.64. The lowest BCUT2D eigenvalue weighted by molar-refractivity contribution is -0.134. The van der Waals surface area contributed by atoms with Crippen molar-refractivity contribution in [3.05, 3.63) is 107 Å². The van der Waals surface area contributed by atoms with E-state index in [0.29, 0.717) is 0 Å². The fourth-order valence-electron chi connectivity index (χ4n) is 4.85. The Labute approximate surface area is 172 Å². The Morgan fingerprint density at radius 1 is 0.607 bits per heavy atom. The van der Waals surface area contributed by atoms with Crippen LogP contribution in [-0.2, 0) is 15.3 Å². The van der Waals surface area contributed by atoms with Crippen molar-refractivity contribution in [2.24, 2.45) is 5.41 Å². The van der Waals surface area contributed by atoms with E-state index in [1.165, 1.54) is 22.3 Å². The predicted molar refractivity (Wildman–Crippen MR) is 117 cm³/mol. The van der Waals surface area contributed by atoms with Gasteiger partial charge < -0.3 is 4.74 Å². The molecule has 2 aliphatic heterocycles. The van der Waals surface area contributed by atoms with E-state index in [1.54, 1.807) is 0 Å². The topological polar surface area (TPSA) is 9.23 Å². The van der Waals surface area contributed by atoms with Crippen LogP contribution >= 0.6 is 11.8 Å². The number of hydrogen-bond acceptors (Lipinski definition) is 2. The minimum Gasteiger partial charge on any atom is -0.339 e.